The Kier molecular flexibility index (Phi) is 5.57. The molecule has 1 atom stereocenters. The second-order valence-corrected chi connectivity index (χ2v) is 8.86. The van der Waals surface area contributed by atoms with E-state index in [1.54, 1.807) is 24.3 Å². The van der Waals surface area contributed by atoms with Gasteiger partial charge in [-0.2, -0.15) is 0 Å². The molecule has 8 heteroatoms. The number of benzene rings is 2. The van der Waals surface area contributed by atoms with Gasteiger partial charge in [-0.15, -0.1) is 0 Å². The number of aromatic nitrogens is 2. The van der Waals surface area contributed by atoms with Crippen LogP contribution in [0, 0.1) is 19.8 Å². The van der Waals surface area contributed by atoms with Gasteiger partial charge in [0.2, 0.25) is 23.7 Å². The molecule has 2 N–H and O–H groups in total. The fraction of sp³-hybridized carbons (Fsp3) is 0.269. The van der Waals surface area contributed by atoms with Crippen molar-refractivity contribution in [2.75, 3.05) is 10.6 Å². The zero-order valence-corrected chi connectivity index (χ0v) is 19.0. The number of hydrogen-bond donors (Lipinski definition) is 2. The van der Waals surface area contributed by atoms with Gasteiger partial charge in [0.25, 0.3) is 0 Å². The summed E-state index contributed by atoms with van der Waals surface area (Å²) < 4.78 is 0. The van der Waals surface area contributed by atoms with Crippen molar-refractivity contribution in [2.24, 2.45) is 5.92 Å². The zero-order chi connectivity index (χ0) is 23.8. The van der Waals surface area contributed by atoms with Gasteiger partial charge in [0.15, 0.2) is 0 Å². The van der Waals surface area contributed by atoms with Crippen molar-refractivity contribution < 1.29 is 14.4 Å². The molecule has 0 spiro atoms. The average molecular weight is 456 g/mol. The summed E-state index contributed by atoms with van der Waals surface area (Å²) in [5.74, 6) is -1.66. The second kappa shape index (κ2) is 8.70. The lowest BCUT2D eigenvalue weighted by atomic mass is 10.1. The van der Waals surface area contributed by atoms with Crippen LogP contribution >= 0.6 is 0 Å². The molecule has 1 aromatic heterocycles. The molecule has 1 aliphatic heterocycles. The minimum Gasteiger partial charge on any atom is -0.325 e. The van der Waals surface area contributed by atoms with Gasteiger partial charge in [-0.05, 0) is 68.1 Å². The van der Waals surface area contributed by atoms with Crippen LogP contribution in [-0.4, -0.2) is 38.6 Å². The number of aryl methyl sites for hydroxylation is 2. The van der Waals surface area contributed by atoms with E-state index in [2.05, 4.69) is 20.6 Å². The third kappa shape index (κ3) is 4.26. The van der Waals surface area contributed by atoms with Crippen molar-refractivity contribution >= 4 is 35.0 Å². The fourth-order valence-electron chi connectivity index (χ4n) is 4.73. The van der Waals surface area contributed by atoms with Gasteiger partial charge in [0.1, 0.15) is 5.92 Å². The summed E-state index contributed by atoms with van der Waals surface area (Å²) in [6.07, 6.45) is 1.18. The van der Waals surface area contributed by atoms with Gasteiger partial charge >= 0.3 is 0 Å². The highest BCUT2D eigenvalue weighted by atomic mass is 16.2. The lowest BCUT2D eigenvalue weighted by Crippen LogP contribution is -2.42. The summed E-state index contributed by atoms with van der Waals surface area (Å²) in [6.45, 7) is 3.81. The Bertz CT molecular complexity index is 1240. The first-order valence-electron chi connectivity index (χ1n) is 11.3. The third-order valence-electron chi connectivity index (χ3n) is 6.28. The lowest BCUT2D eigenvalue weighted by Gasteiger charge is -2.22. The van der Waals surface area contributed by atoms with Crippen molar-refractivity contribution in [1.29, 1.82) is 0 Å². The summed E-state index contributed by atoms with van der Waals surface area (Å²) in [5.41, 5.74) is 5.35. The van der Waals surface area contributed by atoms with Gasteiger partial charge in [0.05, 0.1) is 0 Å². The van der Waals surface area contributed by atoms with E-state index in [0.717, 1.165) is 28.2 Å². The fourth-order valence-corrected chi connectivity index (χ4v) is 4.73. The summed E-state index contributed by atoms with van der Waals surface area (Å²) in [6, 6.07) is 16.7. The minimum atomic E-state index is -1.00. The topological polar surface area (TPSA) is 104 Å². The number of nitrogens with one attached hydrogen (secondary N) is 2. The number of anilines is 3. The minimum absolute atomic E-state index is 0.0960. The van der Waals surface area contributed by atoms with Crippen LogP contribution in [0.2, 0.25) is 0 Å². The van der Waals surface area contributed by atoms with E-state index in [1.165, 1.54) is 4.90 Å². The number of rotatable bonds is 5. The Hall–Kier alpha value is -4.07. The monoisotopic (exact) mass is 455 g/mol. The molecule has 1 saturated heterocycles. The van der Waals surface area contributed by atoms with Crippen molar-refractivity contribution in [3.8, 4) is 0 Å². The lowest BCUT2D eigenvalue weighted by molar-refractivity contribution is -0.142. The van der Waals surface area contributed by atoms with Crippen LogP contribution in [0.5, 0.6) is 0 Å². The molecule has 1 aliphatic carbocycles. The van der Waals surface area contributed by atoms with Crippen LogP contribution in [0.4, 0.5) is 17.3 Å². The van der Waals surface area contributed by atoms with Gasteiger partial charge in [-0.3, -0.25) is 19.3 Å². The quantitative estimate of drug-likeness (QED) is 0.452. The van der Waals surface area contributed by atoms with Gasteiger partial charge in [-0.25, -0.2) is 9.97 Å². The third-order valence-corrected chi connectivity index (χ3v) is 6.28. The molecule has 172 valence electrons. The number of hydrogen-bond acceptors (Lipinski definition) is 6. The Balaban J connectivity index is 1.22. The smallest absolute Gasteiger partial charge is 0.242 e. The molecular formula is C26H25N5O3. The molecule has 0 radical (unpaired) electrons. The first kappa shape index (κ1) is 21.8. The molecule has 0 bridgehead atoms. The Morgan fingerprint density at radius 2 is 1.47 bits per heavy atom. The average Bonchev–Trinajstić information content (AvgIpc) is 3.34. The predicted molar refractivity (Wildman–Crippen MR) is 127 cm³/mol. The van der Waals surface area contributed by atoms with Gasteiger partial charge in [-0.1, -0.05) is 24.3 Å². The summed E-state index contributed by atoms with van der Waals surface area (Å²) in [5, 5.41) is 5.91. The van der Waals surface area contributed by atoms with Crippen molar-refractivity contribution in [2.45, 2.75) is 39.2 Å². The molecular weight excluding hydrogens is 430 g/mol. The van der Waals surface area contributed by atoms with E-state index in [9.17, 15) is 14.4 Å². The first-order chi connectivity index (χ1) is 16.4. The highest BCUT2D eigenvalue weighted by Crippen LogP contribution is 2.31. The molecule has 5 rings (SSSR count). The van der Waals surface area contributed by atoms with Crippen molar-refractivity contribution in [3.05, 3.63) is 77.1 Å². The number of nitrogens with zero attached hydrogens (tertiary/aromatic N) is 3. The van der Waals surface area contributed by atoms with Crippen molar-refractivity contribution in [3.63, 3.8) is 0 Å². The number of likely N-dealkylation sites (tertiary alicyclic amines) is 1. The summed E-state index contributed by atoms with van der Waals surface area (Å²) in [7, 11) is 0. The Morgan fingerprint density at radius 3 is 2.09 bits per heavy atom. The van der Waals surface area contributed by atoms with E-state index >= 15 is 0 Å². The molecule has 34 heavy (non-hydrogen) atoms. The molecule has 1 fully saturated rings. The number of fused-ring (bicyclic) bond motifs is 1. The van der Waals surface area contributed by atoms with Crippen LogP contribution in [-0.2, 0) is 27.2 Å². The Morgan fingerprint density at radius 1 is 0.882 bits per heavy atom. The Labute approximate surface area is 197 Å². The molecule has 3 aromatic rings. The van der Waals surface area contributed by atoms with Crippen LogP contribution in [0.15, 0.2) is 54.6 Å². The first-order valence-corrected chi connectivity index (χ1v) is 11.3. The van der Waals surface area contributed by atoms with Crippen LogP contribution in [0.3, 0.4) is 0 Å². The van der Waals surface area contributed by atoms with Crippen LogP contribution in [0.25, 0.3) is 0 Å². The highest BCUT2D eigenvalue weighted by molar-refractivity contribution is 6.16. The SMILES string of the molecule is Cc1cc(C)nc(Nc2ccc(NC(=O)C3CC(=O)N(C4Cc5ccccc5C4)C3=O)cc2)n1. The number of amides is 3. The summed E-state index contributed by atoms with van der Waals surface area (Å²) >= 11 is 0. The van der Waals surface area contributed by atoms with Crippen LogP contribution < -0.4 is 10.6 Å². The predicted octanol–water partition coefficient (Wildman–Crippen LogP) is 3.32. The maximum atomic E-state index is 13.0. The number of imide groups is 1. The molecule has 8 nitrogen and oxygen atoms in total. The normalized spacial score (nSPS) is 17.7. The van der Waals surface area contributed by atoms with E-state index in [-0.39, 0.29) is 18.4 Å². The standard InChI is InChI=1S/C26H25N5O3/c1-15-11-16(2)28-26(27-15)30-20-9-7-19(8-10-20)29-24(33)22-14-23(32)31(25(22)34)21-12-17-5-3-4-6-18(17)13-21/h3-11,21-22H,12-14H2,1-2H3,(H,29,33)(H,27,28,30). The zero-order valence-electron chi connectivity index (χ0n) is 19.0. The maximum Gasteiger partial charge on any atom is 0.242 e. The molecule has 2 aliphatic rings. The molecule has 0 saturated carbocycles. The van der Waals surface area contributed by atoms with Gasteiger partial charge in [0, 0.05) is 35.2 Å². The molecule has 3 amide bonds. The molecule has 1 unspecified atom stereocenters. The summed E-state index contributed by atoms with van der Waals surface area (Å²) in [4.78, 5) is 48.5. The van der Waals surface area contributed by atoms with Crippen LogP contribution in [0.1, 0.15) is 28.9 Å². The van der Waals surface area contributed by atoms with E-state index in [4.69, 9.17) is 0 Å². The van der Waals surface area contributed by atoms with Crippen molar-refractivity contribution in [1.82, 2.24) is 14.9 Å². The molecule has 2 aromatic carbocycles. The van der Waals surface area contributed by atoms with E-state index in [0.29, 0.717) is 24.5 Å². The molecule has 2 heterocycles. The van der Waals surface area contributed by atoms with E-state index < -0.39 is 17.7 Å². The maximum absolute atomic E-state index is 13.0. The highest BCUT2D eigenvalue weighted by Gasteiger charge is 2.46. The number of carbonyl (C=O) groups is 3. The number of carbonyl (C=O) groups excluding carboxylic acids is 3. The van der Waals surface area contributed by atoms with Gasteiger partial charge < -0.3 is 10.6 Å². The second-order valence-electron chi connectivity index (χ2n) is 8.86. The largest absolute Gasteiger partial charge is 0.325 e. The van der Waals surface area contributed by atoms with E-state index in [1.807, 2.05) is 44.2 Å².